The van der Waals surface area contributed by atoms with E-state index in [9.17, 15) is 0 Å². The molecule has 0 atom stereocenters. The highest BCUT2D eigenvalue weighted by Gasteiger charge is 2.19. The first-order valence-corrected chi connectivity index (χ1v) is 7.79. The van der Waals surface area contributed by atoms with Gasteiger partial charge in [-0.05, 0) is 37.3 Å². The Kier molecular flexibility index (Phi) is 4.69. The number of aromatic nitrogens is 1. The van der Waals surface area contributed by atoms with Crippen LogP contribution < -0.4 is 4.90 Å². The quantitative estimate of drug-likeness (QED) is 0.844. The van der Waals surface area contributed by atoms with Gasteiger partial charge < -0.3 is 4.90 Å². The van der Waals surface area contributed by atoms with E-state index in [1.54, 1.807) is 0 Å². The van der Waals surface area contributed by atoms with Gasteiger partial charge in [-0.1, -0.05) is 26.8 Å². The molecule has 3 heteroatoms. The van der Waals surface area contributed by atoms with Crippen LogP contribution >= 0.6 is 0 Å². The van der Waals surface area contributed by atoms with Crippen LogP contribution in [-0.2, 0) is 6.42 Å². The van der Waals surface area contributed by atoms with Crippen molar-refractivity contribution in [1.82, 2.24) is 9.88 Å². The van der Waals surface area contributed by atoms with Crippen LogP contribution in [0.1, 0.15) is 40.2 Å². The molecular weight excluding hydrogens is 246 g/mol. The second kappa shape index (κ2) is 6.13. The lowest BCUT2D eigenvalue weighted by molar-refractivity contribution is 0.209. The molecule has 2 heterocycles. The molecule has 1 fully saturated rings. The molecule has 0 unspecified atom stereocenters. The molecule has 0 saturated carbocycles. The molecule has 1 saturated heterocycles. The van der Waals surface area contributed by atoms with Crippen LogP contribution in [-0.4, -0.2) is 42.1 Å². The molecule has 0 N–H and O–H groups in total. The average molecular weight is 275 g/mol. The predicted octanol–water partition coefficient (Wildman–Crippen LogP) is 3.20. The third-order valence-electron chi connectivity index (χ3n) is 3.91. The number of rotatable bonds is 3. The van der Waals surface area contributed by atoms with Crippen LogP contribution in [0.2, 0.25) is 0 Å². The standard InChI is InChI=1S/C17H29N3/c1-14(2)19-8-10-20(11-9-19)16-7-6-15(13-18-16)12-17(3,4)5/h6-7,13-14H,8-12H2,1-5H3. The zero-order valence-corrected chi connectivity index (χ0v) is 13.7. The summed E-state index contributed by atoms with van der Waals surface area (Å²) in [7, 11) is 0. The van der Waals surface area contributed by atoms with Gasteiger partial charge in [0.2, 0.25) is 0 Å². The van der Waals surface area contributed by atoms with Gasteiger partial charge in [0.1, 0.15) is 5.82 Å². The Hall–Kier alpha value is -1.09. The van der Waals surface area contributed by atoms with Crippen molar-refractivity contribution in [1.29, 1.82) is 0 Å². The van der Waals surface area contributed by atoms with Crippen LogP contribution in [0.25, 0.3) is 0 Å². The monoisotopic (exact) mass is 275 g/mol. The Morgan fingerprint density at radius 1 is 1.10 bits per heavy atom. The first-order chi connectivity index (χ1) is 9.35. The Balaban J connectivity index is 1.94. The first-order valence-electron chi connectivity index (χ1n) is 7.79. The van der Waals surface area contributed by atoms with E-state index in [1.807, 2.05) is 0 Å². The summed E-state index contributed by atoms with van der Waals surface area (Å²) in [6, 6.07) is 5.08. The summed E-state index contributed by atoms with van der Waals surface area (Å²) in [5, 5.41) is 0. The molecule has 20 heavy (non-hydrogen) atoms. The Labute approximate surface area is 124 Å². The van der Waals surface area contributed by atoms with Gasteiger partial charge in [-0.3, -0.25) is 4.90 Å². The highest BCUT2D eigenvalue weighted by molar-refractivity contribution is 5.40. The van der Waals surface area contributed by atoms with Gasteiger partial charge in [0.25, 0.3) is 0 Å². The molecule has 0 aliphatic carbocycles. The summed E-state index contributed by atoms with van der Waals surface area (Å²) in [6.45, 7) is 15.8. The second-order valence-corrected chi connectivity index (χ2v) is 7.38. The molecule has 3 nitrogen and oxygen atoms in total. The fourth-order valence-electron chi connectivity index (χ4n) is 2.79. The molecule has 0 radical (unpaired) electrons. The second-order valence-electron chi connectivity index (χ2n) is 7.38. The van der Waals surface area contributed by atoms with Crippen molar-refractivity contribution in [2.75, 3.05) is 31.1 Å². The van der Waals surface area contributed by atoms with Crippen LogP contribution in [0.5, 0.6) is 0 Å². The minimum atomic E-state index is 0.325. The summed E-state index contributed by atoms with van der Waals surface area (Å²) in [6.07, 6.45) is 3.14. The number of pyridine rings is 1. The molecule has 0 spiro atoms. The zero-order chi connectivity index (χ0) is 14.8. The lowest BCUT2D eigenvalue weighted by atomic mass is 9.89. The fraction of sp³-hybridized carbons (Fsp3) is 0.706. The Bertz CT molecular complexity index is 409. The molecule has 1 aliphatic heterocycles. The third-order valence-corrected chi connectivity index (χ3v) is 3.91. The van der Waals surface area contributed by atoms with Crippen molar-refractivity contribution in [2.45, 2.75) is 47.1 Å². The summed E-state index contributed by atoms with van der Waals surface area (Å²) >= 11 is 0. The molecule has 1 aromatic heterocycles. The largest absolute Gasteiger partial charge is 0.354 e. The van der Waals surface area contributed by atoms with Crippen LogP contribution in [0, 0.1) is 5.41 Å². The fourth-order valence-corrected chi connectivity index (χ4v) is 2.79. The summed E-state index contributed by atoms with van der Waals surface area (Å²) in [5.41, 5.74) is 1.66. The molecule has 112 valence electrons. The van der Waals surface area contributed by atoms with Gasteiger partial charge in [0.15, 0.2) is 0 Å². The molecule has 0 aromatic carbocycles. The van der Waals surface area contributed by atoms with E-state index in [0.29, 0.717) is 11.5 Å². The lowest BCUT2D eigenvalue weighted by Crippen LogP contribution is -2.49. The summed E-state index contributed by atoms with van der Waals surface area (Å²) < 4.78 is 0. The van der Waals surface area contributed by atoms with Gasteiger partial charge in [0, 0.05) is 38.4 Å². The van der Waals surface area contributed by atoms with Gasteiger partial charge in [0.05, 0.1) is 0 Å². The first kappa shape index (κ1) is 15.3. The van der Waals surface area contributed by atoms with Gasteiger partial charge in [-0.2, -0.15) is 0 Å². The van der Waals surface area contributed by atoms with Crippen molar-refractivity contribution in [3.05, 3.63) is 23.9 Å². The summed E-state index contributed by atoms with van der Waals surface area (Å²) in [4.78, 5) is 9.60. The SMILES string of the molecule is CC(C)N1CCN(c2ccc(CC(C)(C)C)cn2)CC1. The molecule has 0 amide bonds. The normalized spacial score (nSPS) is 17.8. The zero-order valence-electron chi connectivity index (χ0n) is 13.7. The molecule has 2 rings (SSSR count). The smallest absolute Gasteiger partial charge is 0.128 e. The number of piperazine rings is 1. The van der Waals surface area contributed by atoms with Crippen molar-refractivity contribution < 1.29 is 0 Å². The molecule has 1 aliphatic rings. The Morgan fingerprint density at radius 3 is 2.20 bits per heavy atom. The Morgan fingerprint density at radius 2 is 1.75 bits per heavy atom. The number of anilines is 1. The van der Waals surface area contributed by atoms with E-state index in [4.69, 9.17) is 0 Å². The third kappa shape index (κ3) is 4.20. The maximum absolute atomic E-state index is 4.66. The highest BCUT2D eigenvalue weighted by Crippen LogP contribution is 2.22. The van der Waals surface area contributed by atoms with Crippen molar-refractivity contribution >= 4 is 5.82 Å². The van der Waals surface area contributed by atoms with Crippen LogP contribution in [0.4, 0.5) is 5.82 Å². The molecule has 0 bridgehead atoms. The maximum Gasteiger partial charge on any atom is 0.128 e. The number of hydrogen-bond acceptors (Lipinski definition) is 3. The maximum atomic E-state index is 4.66. The van der Waals surface area contributed by atoms with E-state index in [-0.39, 0.29) is 0 Å². The van der Waals surface area contributed by atoms with Gasteiger partial charge in [-0.15, -0.1) is 0 Å². The van der Waals surface area contributed by atoms with Crippen LogP contribution in [0.3, 0.4) is 0 Å². The molecular formula is C17H29N3. The van der Waals surface area contributed by atoms with Gasteiger partial charge in [-0.25, -0.2) is 4.98 Å². The topological polar surface area (TPSA) is 19.4 Å². The minimum absolute atomic E-state index is 0.325. The van der Waals surface area contributed by atoms with Crippen molar-refractivity contribution in [3.8, 4) is 0 Å². The highest BCUT2D eigenvalue weighted by atomic mass is 15.3. The van der Waals surface area contributed by atoms with Crippen LogP contribution in [0.15, 0.2) is 18.3 Å². The minimum Gasteiger partial charge on any atom is -0.354 e. The van der Waals surface area contributed by atoms with Crippen molar-refractivity contribution in [3.63, 3.8) is 0 Å². The van der Waals surface area contributed by atoms with E-state index in [1.165, 1.54) is 5.56 Å². The lowest BCUT2D eigenvalue weighted by Gasteiger charge is -2.37. The summed E-state index contributed by atoms with van der Waals surface area (Å²) in [5.74, 6) is 1.13. The van der Waals surface area contributed by atoms with E-state index in [0.717, 1.165) is 38.4 Å². The number of nitrogens with zero attached hydrogens (tertiary/aromatic N) is 3. The number of hydrogen-bond donors (Lipinski definition) is 0. The van der Waals surface area contributed by atoms with Gasteiger partial charge >= 0.3 is 0 Å². The predicted molar refractivity (Wildman–Crippen MR) is 86.3 cm³/mol. The average Bonchev–Trinajstić information content (AvgIpc) is 2.38. The van der Waals surface area contributed by atoms with Crippen molar-refractivity contribution in [2.24, 2.45) is 5.41 Å². The van der Waals surface area contributed by atoms with E-state index >= 15 is 0 Å². The molecule has 1 aromatic rings. The van der Waals surface area contributed by atoms with E-state index in [2.05, 4.69) is 67.7 Å². The van der Waals surface area contributed by atoms with E-state index < -0.39 is 0 Å².